The number of nitrogens with zero attached hydrogens (tertiary/aromatic N) is 2. The smallest absolute Gasteiger partial charge is 0.130 e. The van der Waals surface area contributed by atoms with Gasteiger partial charge in [-0.15, -0.1) is 0 Å². The molecule has 1 N–H and O–H groups in total. The van der Waals surface area contributed by atoms with Crippen LogP contribution >= 0.6 is 0 Å². The molecule has 0 saturated carbocycles. The molecule has 0 atom stereocenters. The summed E-state index contributed by atoms with van der Waals surface area (Å²) in [7, 11) is 1.87. The van der Waals surface area contributed by atoms with Crippen LogP contribution < -0.4 is 5.32 Å². The molecule has 2 rings (SSSR count). The topological polar surface area (TPSA) is 37.8 Å². The molecule has 0 aliphatic rings. The van der Waals surface area contributed by atoms with Gasteiger partial charge in [0.05, 0.1) is 5.69 Å². The van der Waals surface area contributed by atoms with Gasteiger partial charge in [-0.2, -0.15) is 0 Å². The normalized spacial score (nSPS) is 10.3. The van der Waals surface area contributed by atoms with Gasteiger partial charge >= 0.3 is 0 Å². The zero-order valence-corrected chi connectivity index (χ0v) is 10.5. The van der Waals surface area contributed by atoms with E-state index in [0.717, 1.165) is 29.3 Å². The van der Waals surface area contributed by atoms with Gasteiger partial charge in [-0.25, -0.2) is 9.97 Å². The van der Waals surface area contributed by atoms with E-state index in [1.807, 2.05) is 20.0 Å². The summed E-state index contributed by atoms with van der Waals surface area (Å²) in [5.74, 6) is 1.64. The molecule has 3 nitrogen and oxygen atoms in total. The summed E-state index contributed by atoms with van der Waals surface area (Å²) < 4.78 is 0. The zero-order chi connectivity index (χ0) is 12.3. The molecule has 0 aliphatic heterocycles. The van der Waals surface area contributed by atoms with Gasteiger partial charge in [-0.3, -0.25) is 0 Å². The summed E-state index contributed by atoms with van der Waals surface area (Å²) >= 11 is 0. The Morgan fingerprint density at radius 2 is 2.00 bits per heavy atom. The van der Waals surface area contributed by atoms with Gasteiger partial charge in [0, 0.05) is 18.7 Å². The predicted octanol–water partition coefficient (Wildman–Crippen LogP) is 3.06. The van der Waals surface area contributed by atoms with Crippen LogP contribution in [0.5, 0.6) is 0 Å². The maximum atomic E-state index is 4.48. The highest BCUT2D eigenvalue weighted by Gasteiger charge is 2.04. The van der Waals surface area contributed by atoms with E-state index in [-0.39, 0.29) is 0 Å². The van der Waals surface area contributed by atoms with Crippen molar-refractivity contribution in [1.29, 1.82) is 0 Å². The molecule has 0 aliphatic carbocycles. The quantitative estimate of drug-likeness (QED) is 0.875. The Kier molecular flexibility index (Phi) is 3.38. The summed E-state index contributed by atoms with van der Waals surface area (Å²) in [6.07, 6.45) is 1.04. The summed E-state index contributed by atoms with van der Waals surface area (Å²) in [5.41, 5.74) is 3.44. The third-order valence-electron chi connectivity index (χ3n) is 2.73. The fraction of sp³-hybridized carbons (Fsp3) is 0.286. The SMILES string of the molecule is CCc1cccc(-c2cc(NC)nc(C)n2)c1. The highest BCUT2D eigenvalue weighted by molar-refractivity contribution is 5.63. The third-order valence-corrected chi connectivity index (χ3v) is 2.73. The van der Waals surface area contributed by atoms with Crippen molar-refractivity contribution in [2.45, 2.75) is 20.3 Å². The molecule has 0 bridgehead atoms. The molecule has 0 spiro atoms. The van der Waals surface area contributed by atoms with Crippen molar-refractivity contribution in [1.82, 2.24) is 9.97 Å². The second-order valence-corrected chi connectivity index (χ2v) is 3.99. The van der Waals surface area contributed by atoms with Crippen LogP contribution in [0.4, 0.5) is 5.82 Å². The molecule has 3 heteroatoms. The van der Waals surface area contributed by atoms with Crippen LogP contribution in [-0.4, -0.2) is 17.0 Å². The van der Waals surface area contributed by atoms with Crippen molar-refractivity contribution in [2.24, 2.45) is 0 Å². The fourth-order valence-corrected chi connectivity index (χ4v) is 1.79. The summed E-state index contributed by atoms with van der Waals surface area (Å²) in [4.78, 5) is 8.77. The lowest BCUT2D eigenvalue weighted by Crippen LogP contribution is -1.98. The second kappa shape index (κ2) is 4.95. The van der Waals surface area contributed by atoms with Crippen molar-refractivity contribution >= 4 is 5.82 Å². The number of hydrogen-bond donors (Lipinski definition) is 1. The first-order chi connectivity index (χ1) is 8.22. The van der Waals surface area contributed by atoms with Crippen molar-refractivity contribution in [2.75, 3.05) is 12.4 Å². The minimum atomic E-state index is 0.786. The van der Waals surface area contributed by atoms with E-state index in [1.54, 1.807) is 0 Å². The van der Waals surface area contributed by atoms with Gasteiger partial charge in [0.15, 0.2) is 0 Å². The van der Waals surface area contributed by atoms with Gasteiger partial charge in [-0.05, 0) is 25.0 Å². The second-order valence-electron chi connectivity index (χ2n) is 3.99. The molecule has 1 heterocycles. The highest BCUT2D eigenvalue weighted by Crippen LogP contribution is 2.21. The number of benzene rings is 1. The van der Waals surface area contributed by atoms with Crippen molar-refractivity contribution < 1.29 is 0 Å². The number of nitrogens with one attached hydrogen (secondary N) is 1. The number of anilines is 1. The van der Waals surface area contributed by atoms with E-state index in [1.165, 1.54) is 5.56 Å². The van der Waals surface area contributed by atoms with Crippen molar-refractivity contribution in [3.05, 3.63) is 41.7 Å². The Labute approximate surface area is 102 Å². The highest BCUT2D eigenvalue weighted by atomic mass is 15.0. The summed E-state index contributed by atoms with van der Waals surface area (Å²) in [6, 6.07) is 10.4. The van der Waals surface area contributed by atoms with Crippen LogP contribution in [0.2, 0.25) is 0 Å². The van der Waals surface area contributed by atoms with Crippen LogP contribution in [0, 0.1) is 6.92 Å². The molecule has 0 fully saturated rings. The van der Waals surface area contributed by atoms with Crippen molar-refractivity contribution in [3.63, 3.8) is 0 Å². The van der Waals surface area contributed by atoms with Crippen molar-refractivity contribution in [3.8, 4) is 11.3 Å². The average Bonchev–Trinajstić information content (AvgIpc) is 2.38. The number of rotatable bonds is 3. The minimum Gasteiger partial charge on any atom is -0.373 e. The van der Waals surface area contributed by atoms with Gasteiger partial charge in [0.25, 0.3) is 0 Å². The van der Waals surface area contributed by atoms with E-state index in [2.05, 4.69) is 46.5 Å². The number of aryl methyl sites for hydroxylation is 2. The van der Waals surface area contributed by atoms with Crippen LogP contribution in [0.15, 0.2) is 30.3 Å². The molecule has 0 amide bonds. The maximum absolute atomic E-state index is 4.48. The van der Waals surface area contributed by atoms with Crippen LogP contribution in [-0.2, 0) is 6.42 Å². The first-order valence-corrected chi connectivity index (χ1v) is 5.85. The lowest BCUT2D eigenvalue weighted by molar-refractivity contribution is 1.05. The Morgan fingerprint density at radius 3 is 2.71 bits per heavy atom. The fourth-order valence-electron chi connectivity index (χ4n) is 1.79. The molecular weight excluding hydrogens is 210 g/mol. The molecule has 0 unspecified atom stereocenters. The number of aromatic nitrogens is 2. The molecule has 17 heavy (non-hydrogen) atoms. The van der Waals surface area contributed by atoms with E-state index in [9.17, 15) is 0 Å². The van der Waals surface area contributed by atoms with E-state index in [4.69, 9.17) is 0 Å². The molecule has 0 radical (unpaired) electrons. The minimum absolute atomic E-state index is 0.786. The van der Waals surface area contributed by atoms with E-state index < -0.39 is 0 Å². The lowest BCUT2D eigenvalue weighted by Gasteiger charge is -2.07. The molecule has 88 valence electrons. The maximum Gasteiger partial charge on any atom is 0.130 e. The molecule has 1 aromatic carbocycles. The Morgan fingerprint density at radius 1 is 1.18 bits per heavy atom. The third kappa shape index (κ3) is 2.61. The first kappa shape index (κ1) is 11.6. The van der Waals surface area contributed by atoms with E-state index >= 15 is 0 Å². The summed E-state index contributed by atoms with van der Waals surface area (Å²) in [5, 5.41) is 3.06. The zero-order valence-electron chi connectivity index (χ0n) is 10.5. The molecule has 2 aromatic rings. The van der Waals surface area contributed by atoms with E-state index in [0.29, 0.717) is 0 Å². The summed E-state index contributed by atoms with van der Waals surface area (Å²) in [6.45, 7) is 4.07. The Balaban J connectivity index is 2.47. The van der Waals surface area contributed by atoms with Gasteiger partial charge in [0.2, 0.25) is 0 Å². The van der Waals surface area contributed by atoms with Crippen LogP contribution in [0.1, 0.15) is 18.3 Å². The van der Waals surface area contributed by atoms with Gasteiger partial charge in [0.1, 0.15) is 11.6 Å². The van der Waals surface area contributed by atoms with Gasteiger partial charge in [-0.1, -0.05) is 25.1 Å². The number of hydrogen-bond acceptors (Lipinski definition) is 3. The van der Waals surface area contributed by atoms with Gasteiger partial charge < -0.3 is 5.32 Å². The predicted molar refractivity (Wildman–Crippen MR) is 71.1 cm³/mol. The van der Waals surface area contributed by atoms with Crippen LogP contribution in [0.3, 0.4) is 0 Å². The standard InChI is InChI=1S/C14H17N3/c1-4-11-6-5-7-12(8-11)13-9-14(15-3)17-10(2)16-13/h5-9H,4H2,1-3H3,(H,15,16,17). The lowest BCUT2D eigenvalue weighted by atomic mass is 10.1. The first-order valence-electron chi connectivity index (χ1n) is 5.85. The average molecular weight is 227 g/mol. The Bertz CT molecular complexity index is 521. The monoisotopic (exact) mass is 227 g/mol. The largest absolute Gasteiger partial charge is 0.373 e. The molecule has 0 saturated heterocycles. The molecule has 1 aromatic heterocycles. The molecular formula is C14H17N3. The Hall–Kier alpha value is -1.90. The van der Waals surface area contributed by atoms with Crippen LogP contribution in [0.25, 0.3) is 11.3 Å².